The Kier molecular flexibility index (Phi) is 17.0. The zero-order valence-corrected chi connectivity index (χ0v) is 12.9. The van der Waals surface area contributed by atoms with Gasteiger partial charge in [0.05, 0.1) is 0 Å². The fourth-order valence-electron chi connectivity index (χ4n) is 2.52. The van der Waals surface area contributed by atoms with Crippen LogP contribution in [0.2, 0.25) is 0 Å². The molecule has 0 saturated heterocycles. The van der Waals surface area contributed by atoms with Gasteiger partial charge in [-0.25, -0.2) is 0 Å². The molecule has 0 N–H and O–H groups in total. The molecule has 0 aromatic rings. The van der Waals surface area contributed by atoms with Gasteiger partial charge >= 0.3 is 0 Å². The fraction of sp³-hybridized carbons (Fsp3) is 0.944. The van der Waals surface area contributed by atoms with Crippen LogP contribution in [-0.2, 0) is 0 Å². The van der Waals surface area contributed by atoms with Gasteiger partial charge in [0.25, 0.3) is 0 Å². The summed E-state index contributed by atoms with van der Waals surface area (Å²) in [6.45, 7) is 7.76. The fourth-order valence-corrected chi connectivity index (χ4v) is 2.52. The molecule has 0 bridgehead atoms. The highest BCUT2D eigenvalue weighted by molar-refractivity contribution is 4.50. The number of hydrogen-bond acceptors (Lipinski definition) is 0. The molecule has 0 amide bonds. The molecule has 0 aromatic heterocycles. The normalized spacial score (nSPS) is 11.0. The van der Waals surface area contributed by atoms with Crippen LogP contribution in [0, 0.1) is 6.92 Å². The number of hydrogen-bond donors (Lipinski definition) is 0. The van der Waals surface area contributed by atoms with Gasteiger partial charge in [-0.2, -0.15) is 0 Å². The van der Waals surface area contributed by atoms with Crippen molar-refractivity contribution in [1.29, 1.82) is 0 Å². The predicted molar refractivity (Wildman–Crippen MR) is 83.8 cm³/mol. The molecule has 0 fully saturated rings. The maximum atomic E-state index is 5.48. The van der Waals surface area contributed by atoms with Crippen molar-refractivity contribution in [1.82, 2.24) is 0 Å². The topological polar surface area (TPSA) is 0 Å². The van der Waals surface area contributed by atoms with Crippen molar-refractivity contribution in [3.63, 3.8) is 0 Å². The molecule has 0 aliphatic carbocycles. The van der Waals surface area contributed by atoms with Crippen molar-refractivity contribution in [3.8, 4) is 0 Å². The van der Waals surface area contributed by atoms with E-state index in [-0.39, 0.29) is 0 Å². The summed E-state index contributed by atoms with van der Waals surface area (Å²) in [4.78, 5) is 0. The maximum absolute atomic E-state index is 5.48. The minimum absolute atomic E-state index is 0.873. The van der Waals surface area contributed by atoms with Crippen LogP contribution in [0.25, 0.3) is 0 Å². The molecule has 0 nitrogen and oxygen atoms in total. The highest BCUT2D eigenvalue weighted by Gasteiger charge is 1.93. The van der Waals surface area contributed by atoms with Crippen LogP contribution in [0.3, 0.4) is 0 Å². The standard InChI is InChI=1S/C18H36/c1-3-5-7-9-11-13-15-17-18-16-14-12-10-8-6-4-2/h1H,3-18H2,2H3. The third-order valence-electron chi connectivity index (χ3n) is 3.81. The first-order valence-electron chi connectivity index (χ1n) is 8.62. The molecule has 0 atom stereocenters. The summed E-state index contributed by atoms with van der Waals surface area (Å²) in [6.07, 6.45) is 22.2. The molecule has 0 heteroatoms. The molecule has 0 spiro atoms. The Morgan fingerprint density at radius 2 is 0.722 bits per heavy atom. The number of rotatable bonds is 15. The highest BCUT2D eigenvalue weighted by Crippen LogP contribution is 2.13. The lowest BCUT2D eigenvalue weighted by Gasteiger charge is -2.03. The molecule has 108 valence electrons. The molecule has 0 aliphatic rings. The van der Waals surface area contributed by atoms with Gasteiger partial charge < -0.3 is 0 Å². The molecular weight excluding hydrogens is 216 g/mol. The van der Waals surface area contributed by atoms with Gasteiger partial charge in [-0.05, 0) is 13.3 Å². The number of unbranched alkanes of at least 4 members (excludes halogenated alkanes) is 15. The van der Waals surface area contributed by atoms with Crippen molar-refractivity contribution in [2.45, 2.75) is 110 Å². The largest absolute Gasteiger partial charge is 0.0654 e. The van der Waals surface area contributed by atoms with Crippen LogP contribution >= 0.6 is 0 Å². The van der Waals surface area contributed by atoms with Crippen LogP contribution in [-0.4, -0.2) is 0 Å². The summed E-state index contributed by atoms with van der Waals surface area (Å²) in [5.74, 6) is 0. The minimum Gasteiger partial charge on any atom is -0.0654 e. The van der Waals surface area contributed by atoms with Crippen LogP contribution < -0.4 is 0 Å². The molecule has 0 heterocycles. The maximum Gasteiger partial charge on any atom is -0.0352 e. The third kappa shape index (κ3) is 16.0. The monoisotopic (exact) mass is 252 g/mol. The average Bonchev–Trinajstić information content (AvgIpc) is 2.39. The smallest absolute Gasteiger partial charge is 0.0352 e. The van der Waals surface area contributed by atoms with Crippen molar-refractivity contribution >= 4 is 0 Å². The first-order chi connectivity index (χ1) is 8.91. The van der Waals surface area contributed by atoms with Crippen molar-refractivity contribution in [2.75, 3.05) is 0 Å². The van der Waals surface area contributed by atoms with E-state index in [1.54, 1.807) is 0 Å². The lowest BCUT2D eigenvalue weighted by atomic mass is 10.0. The zero-order valence-electron chi connectivity index (χ0n) is 12.9. The van der Waals surface area contributed by atoms with Gasteiger partial charge in [-0.15, -0.1) is 0 Å². The molecule has 2 radical (unpaired) electrons. The van der Waals surface area contributed by atoms with E-state index < -0.39 is 0 Å². The van der Waals surface area contributed by atoms with Gasteiger partial charge in [0.15, 0.2) is 0 Å². The van der Waals surface area contributed by atoms with E-state index >= 15 is 0 Å². The lowest BCUT2D eigenvalue weighted by Crippen LogP contribution is -1.83. The lowest BCUT2D eigenvalue weighted by molar-refractivity contribution is 0.533. The second-order valence-corrected chi connectivity index (χ2v) is 5.74. The Balaban J connectivity index is 2.86. The zero-order chi connectivity index (χ0) is 13.3. The van der Waals surface area contributed by atoms with E-state index in [4.69, 9.17) is 6.92 Å². The Bertz CT molecular complexity index is 112. The van der Waals surface area contributed by atoms with Gasteiger partial charge in [-0.1, -0.05) is 103 Å². The molecule has 0 unspecified atom stereocenters. The average molecular weight is 252 g/mol. The van der Waals surface area contributed by atoms with Crippen molar-refractivity contribution in [3.05, 3.63) is 6.92 Å². The van der Waals surface area contributed by atoms with Gasteiger partial charge in [0.1, 0.15) is 0 Å². The van der Waals surface area contributed by atoms with Crippen LogP contribution in [0.15, 0.2) is 0 Å². The van der Waals surface area contributed by atoms with Crippen molar-refractivity contribution in [2.24, 2.45) is 0 Å². The van der Waals surface area contributed by atoms with Crippen LogP contribution in [0.4, 0.5) is 0 Å². The summed E-state index contributed by atoms with van der Waals surface area (Å²) in [5.41, 5.74) is 0. The molecule has 0 rings (SSSR count). The second kappa shape index (κ2) is 17.0. The van der Waals surface area contributed by atoms with E-state index in [9.17, 15) is 0 Å². The summed E-state index contributed by atoms with van der Waals surface area (Å²) >= 11 is 0. The van der Waals surface area contributed by atoms with E-state index in [1.807, 2.05) is 0 Å². The van der Waals surface area contributed by atoms with E-state index in [2.05, 4.69) is 6.92 Å². The van der Waals surface area contributed by atoms with Gasteiger partial charge in [0, 0.05) is 0 Å². The first-order valence-corrected chi connectivity index (χ1v) is 8.62. The van der Waals surface area contributed by atoms with Crippen molar-refractivity contribution < 1.29 is 0 Å². The molecule has 0 aromatic carbocycles. The summed E-state index contributed by atoms with van der Waals surface area (Å²) in [7, 11) is 0. The summed E-state index contributed by atoms with van der Waals surface area (Å²) in [5, 5.41) is 0. The molecular formula is C18H36. The second-order valence-electron chi connectivity index (χ2n) is 5.74. The Morgan fingerprint density at radius 3 is 1.00 bits per heavy atom. The van der Waals surface area contributed by atoms with E-state index in [0.717, 1.165) is 6.42 Å². The summed E-state index contributed by atoms with van der Waals surface area (Å²) < 4.78 is 0. The molecule has 18 heavy (non-hydrogen) atoms. The van der Waals surface area contributed by atoms with Gasteiger partial charge in [0.2, 0.25) is 0 Å². The highest BCUT2D eigenvalue weighted by atomic mass is 14.0. The molecule has 0 saturated carbocycles. The summed E-state index contributed by atoms with van der Waals surface area (Å²) in [6, 6.07) is 0. The quantitative estimate of drug-likeness (QED) is 0.276. The first kappa shape index (κ1) is 18.0. The molecule has 0 aliphatic heterocycles. The Labute approximate surface area is 117 Å². The Morgan fingerprint density at radius 1 is 0.444 bits per heavy atom. The van der Waals surface area contributed by atoms with E-state index in [1.165, 1.54) is 96.3 Å². The van der Waals surface area contributed by atoms with Crippen LogP contribution in [0.1, 0.15) is 110 Å². The third-order valence-corrected chi connectivity index (χ3v) is 3.81. The van der Waals surface area contributed by atoms with Crippen LogP contribution in [0.5, 0.6) is 0 Å². The minimum atomic E-state index is 0.873. The predicted octanol–water partition coefficient (Wildman–Crippen LogP) is 6.96. The Hall–Kier alpha value is 0. The van der Waals surface area contributed by atoms with E-state index in [0.29, 0.717) is 0 Å². The van der Waals surface area contributed by atoms with Gasteiger partial charge in [-0.3, -0.25) is 0 Å². The SMILES string of the molecule is [CH]CCCCCCCCCCCCCCCCC.